The van der Waals surface area contributed by atoms with Crippen molar-refractivity contribution in [1.82, 2.24) is 40.4 Å². The first kappa shape index (κ1) is 113. The number of fused-ring (bicyclic) bond motifs is 9. The van der Waals surface area contributed by atoms with Gasteiger partial charge in [0.2, 0.25) is 52.2 Å². The fourth-order valence-corrected chi connectivity index (χ4v) is 22.2. The molecule has 6 atom stereocenters. The second kappa shape index (κ2) is 44.1. The molecule has 31 nitrogen and oxygen atoms in total. The second-order valence-electron chi connectivity index (χ2n) is 41.7. The van der Waals surface area contributed by atoms with Gasteiger partial charge in [0.1, 0.15) is 52.8 Å². The number of nitrogens with zero attached hydrogens (tertiary/aromatic N) is 5. The molecule has 6 aromatic carbocycles. The van der Waals surface area contributed by atoms with Crippen LogP contribution in [0.2, 0.25) is 0 Å². The van der Waals surface area contributed by atoms with E-state index in [1.54, 1.807) is 124 Å². The van der Waals surface area contributed by atoms with Crippen LogP contribution >= 0.6 is 96.9 Å². The summed E-state index contributed by atoms with van der Waals surface area (Å²) in [5.74, 6) is -2.38. The van der Waals surface area contributed by atoms with Crippen molar-refractivity contribution in [2.45, 2.75) is 297 Å². The Balaban J connectivity index is 0.000000176. The van der Waals surface area contributed by atoms with E-state index in [0.29, 0.717) is 172 Å². The number of nitrogens with two attached hydrogens (primary N) is 1. The molecule has 3 spiro atoms. The van der Waals surface area contributed by atoms with Gasteiger partial charge in [-0.1, -0.05) is 52.3 Å². The molecule has 0 aromatic heterocycles. The number of imide groups is 3. The number of rotatable bonds is 16. The van der Waals surface area contributed by atoms with Crippen molar-refractivity contribution < 1.29 is 104 Å². The van der Waals surface area contributed by atoms with Crippen molar-refractivity contribution in [3.05, 3.63) is 193 Å². The van der Waals surface area contributed by atoms with Gasteiger partial charge >= 0.3 is 30.5 Å². The average Bonchev–Trinajstić information content (AvgIpc) is 1.57. The van der Waals surface area contributed by atoms with Gasteiger partial charge in [0.05, 0.1) is 10.9 Å². The van der Waals surface area contributed by atoms with E-state index >= 15 is 0 Å². The molecule has 0 bridgehead atoms. The molecule has 3 saturated heterocycles. The van der Waals surface area contributed by atoms with Crippen LogP contribution in [0.5, 0.6) is 0 Å². The number of carbonyl (C=O) groups excluding carboxylic acids is 14. The Labute approximate surface area is 884 Å². The van der Waals surface area contributed by atoms with Gasteiger partial charge in [-0.05, 0) is 336 Å². The van der Waals surface area contributed by atoms with Crippen LogP contribution in [-0.2, 0) is 142 Å². The summed E-state index contributed by atoms with van der Waals surface area (Å²) < 4.78 is 68.7. The zero-order valence-electron chi connectivity index (χ0n) is 81.3. The van der Waals surface area contributed by atoms with Crippen LogP contribution < -0.4 is 37.6 Å². The molecule has 6 aliphatic heterocycles. The predicted octanol–water partition coefficient (Wildman–Crippen LogP) is 15.0. The highest BCUT2D eigenvalue weighted by Crippen LogP contribution is 2.52. The molecule has 8 N–H and O–H groups in total. The molecule has 0 unspecified atom stereocenters. The molecule has 6 saturated carbocycles. The van der Waals surface area contributed by atoms with Crippen molar-refractivity contribution in [3.63, 3.8) is 0 Å². The maximum Gasteiger partial charge on any atom is 0.418 e. The summed E-state index contributed by atoms with van der Waals surface area (Å²) in [6.45, 7) is 11.0. The largest absolute Gasteiger partial charge is 0.444 e. The number of nitrogens with one attached hydrogen (secondary N) is 6. The number of aryl methyl sites for hydroxylation is 6. The van der Waals surface area contributed by atoms with Gasteiger partial charge in [0.15, 0.2) is 0 Å². The Bertz CT molecular complexity index is 6050. The van der Waals surface area contributed by atoms with Crippen LogP contribution in [0.25, 0.3) is 0 Å². The monoisotopic (exact) mass is 2160 g/mol. The number of alkyl halides is 1. The van der Waals surface area contributed by atoms with Crippen LogP contribution in [0.4, 0.5) is 54.2 Å². The average molecular weight is 2170 g/mol. The summed E-state index contributed by atoms with van der Waals surface area (Å²) in [4.78, 5) is 188. The molecule has 6 heterocycles. The quantitative estimate of drug-likeness (QED) is 0.0349. The number of benzene rings is 6. The third-order valence-corrected chi connectivity index (χ3v) is 30.6. The number of anilines is 3. The molecule has 21 rings (SSSR count). The smallest absolute Gasteiger partial charge is 0.418 e. The molecular formula is C103H128BrF3N12O19S6. The minimum absolute atomic E-state index is 0. The van der Waals surface area contributed by atoms with Gasteiger partial charge < -0.3 is 70.7 Å². The third-order valence-electron chi connectivity index (χ3n) is 30.1. The lowest BCUT2D eigenvalue weighted by molar-refractivity contribution is -0.143. The number of hydrogen-bond donors (Lipinski definition) is 7. The molecule has 778 valence electrons. The molecule has 14 amide bonds. The maximum atomic E-state index is 14.0. The van der Waals surface area contributed by atoms with Gasteiger partial charge in [-0.2, -0.15) is 81.0 Å². The third kappa shape index (κ3) is 23.1. The standard InChI is InChI=1S/C36H41FN4O7.C31H33FN4O5.C21H25N3O6.C15H17BrFNO.6H2S/c1-34(2,3)47-32(45)39-35(14-4-15-35)30(43)38-26-10-11-27-23(18-26)13-16-36(27)31(44)41(33(46)48-36)20-29(42)40-19-24-7-9-25(37)17-22(24)8-12-28(40)21-5-6-21;32-22-6-4-21-16-35(25(18-2-3-18)9-5-19(21)14-22)26(37)17-36-28(39)31(41-29(36)40)13-10-20-15-23(7-8-24(20)31)34-27(38)30(33)11-1-12-30;1-19(2,3)29-18(28)24-20(8-4-9-20)15(25)22-13-5-6-14-12(11-13)7-10-21(14)16(26)23-17(27)30-21;16-8-15(19)18-9-12-3-5-13(17)7-11(12)4-6-14(18)10-1-2-10;;;;;;/h7,9-11,17-18,21,28H,4-6,8,12-16,19-20H2,1-3H3,(H,38,43)(H,39,45);4,6-8,14-15,18,25H,1-3,5,9-13,16-17,33H2,(H,34,38);5-6,11H,4,7-10H2,1-3H3,(H,22,25)(H,24,28)(H,23,26,27);3,5,7,10,14H,1-2,4,6,8-9H2;6*1H2/t28-,36-;25-,31-;21-;14-;;;;;;/m0000....../s1. The van der Waals surface area contributed by atoms with E-state index in [0.717, 1.165) is 118 Å². The SMILES string of the molecule is CC(C)(C)OC(=O)NC1(C(=O)Nc2ccc3c(c2)CC[C@]32OC(=O)N(CC(=O)N3Cc4ccc(F)cc4CC[C@H]3C3CC3)C2=O)CCC1.CC(C)(C)OC(=O)NC1(C(=O)Nc2ccc3c(c2)CC[C@]32OC(=O)NC2=O)CCC1.NC1(C(=O)Nc2ccc3c(c2)CC[C@]32OC(=O)N(CC(=O)N3Cc4ccc(F)cc4CC[C@H]3C3CC3)C2=O)CCC1.O=C(CBr)N1Cc2ccc(F)cc2CC[C@H]1C1CC1.S.S.S.S.S.S. The number of hydrogen-bond acceptors (Lipinski definition) is 20. The van der Waals surface area contributed by atoms with E-state index in [2.05, 4.69) is 47.8 Å². The van der Waals surface area contributed by atoms with Crippen LogP contribution in [0.1, 0.15) is 243 Å². The highest BCUT2D eigenvalue weighted by Gasteiger charge is 2.62. The van der Waals surface area contributed by atoms with Gasteiger partial charge in [-0.15, -0.1) is 0 Å². The molecule has 9 fully saturated rings. The first-order valence-electron chi connectivity index (χ1n) is 48.2. The number of alkyl carbamates (subject to hydrolysis) is 3. The molecule has 144 heavy (non-hydrogen) atoms. The van der Waals surface area contributed by atoms with Crippen molar-refractivity contribution in [1.29, 1.82) is 0 Å². The summed E-state index contributed by atoms with van der Waals surface area (Å²) >= 11 is 3.27. The van der Waals surface area contributed by atoms with Gasteiger partial charge in [0, 0.05) is 90.8 Å². The minimum atomic E-state index is -1.54. The Morgan fingerprint density at radius 2 is 0.729 bits per heavy atom. The Kier molecular flexibility index (Phi) is 34.5. The molecular weight excluding hydrogens is 2040 g/mol. The summed E-state index contributed by atoms with van der Waals surface area (Å²) in [6.07, 6.45) is 15.5. The zero-order chi connectivity index (χ0) is 97.7. The lowest BCUT2D eigenvalue weighted by atomic mass is 9.76. The Hall–Kier alpha value is -10.2. The van der Waals surface area contributed by atoms with E-state index in [1.807, 2.05) is 11.0 Å². The zero-order valence-corrected chi connectivity index (χ0v) is 88.9. The maximum absolute atomic E-state index is 14.0. The molecule has 15 aliphatic rings. The highest BCUT2D eigenvalue weighted by molar-refractivity contribution is 9.09. The highest BCUT2D eigenvalue weighted by atomic mass is 79.9. The van der Waals surface area contributed by atoms with Crippen LogP contribution in [0.3, 0.4) is 0 Å². The first-order chi connectivity index (χ1) is 65.6. The van der Waals surface area contributed by atoms with Crippen LogP contribution in [-0.4, -0.2) is 172 Å². The van der Waals surface area contributed by atoms with Crippen LogP contribution in [0.15, 0.2) is 109 Å². The fourth-order valence-electron chi connectivity index (χ4n) is 21.8. The number of halogens is 4. The van der Waals surface area contributed by atoms with Crippen molar-refractivity contribution in [2.75, 3.05) is 34.4 Å². The summed E-state index contributed by atoms with van der Waals surface area (Å²) in [7, 11) is 0. The minimum Gasteiger partial charge on any atom is -0.444 e. The normalized spacial score (nSPS) is 23.5. The number of ether oxygens (including phenoxy) is 5. The van der Waals surface area contributed by atoms with Gasteiger partial charge in [0.25, 0.3) is 17.7 Å². The predicted molar refractivity (Wildman–Crippen MR) is 560 cm³/mol. The van der Waals surface area contributed by atoms with Gasteiger partial charge in [-0.25, -0.2) is 46.9 Å². The van der Waals surface area contributed by atoms with Crippen molar-refractivity contribution in [2.24, 2.45) is 23.5 Å². The molecule has 0 radical (unpaired) electrons. The van der Waals surface area contributed by atoms with E-state index in [9.17, 15) is 80.3 Å². The van der Waals surface area contributed by atoms with Gasteiger partial charge in [-0.3, -0.25) is 48.5 Å². The summed E-state index contributed by atoms with van der Waals surface area (Å²) in [6, 6.07) is 29.9. The number of carbonyl (C=O) groups is 14. The molecule has 6 aromatic rings. The second-order valence-corrected chi connectivity index (χ2v) is 42.3. The van der Waals surface area contributed by atoms with E-state index in [1.165, 1.54) is 43.2 Å². The Morgan fingerprint density at radius 1 is 0.403 bits per heavy atom. The van der Waals surface area contributed by atoms with Crippen molar-refractivity contribution >= 4 is 198 Å². The molecule has 9 aliphatic carbocycles. The topological polar surface area (TPSA) is 400 Å². The van der Waals surface area contributed by atoms with Crippen LogP contribution in [0, 0.1) is 35.2 Å². The van der Waals surface area contributed by atoms with E-state index in [4.69, 9.17) is 29.4 Å². The van der Waals surface area contributed by atoms with Crippen molar-refractivity contribution in [3.8, 4) is 0 Å². The van der Waals surface area contributed by atoms with E-state index < -0.39 is 106 Å². The summed E-state index contributed by atoms with van der Waals surface area (Å²) in [5.41, 5.74) is 9.04. The first-order valence-corrected chi connectivity index (χ1v) is 49.3. The van der Waals surface area contributed by atoms with E-state index in [-0.39, 0.29) is 159 Å². The number of amides is 14. The molecule has 41 heteroatoms. The summed E-state index contributed by atoms with van der Waals surface area (Å²) in [5, 5.41) is 16.7. The fraction of sp³-hybridized carbons (Fsp3) is 0.515. The Morgan fingerprint density at radius 3 is 1.03 bits per heavy atom. The lowest BCUT2D eigenvalue weighted by Gasteiger charge is -2.40. The lowest BCUT2D eigenvalue weighted by Crippen LogP contribution is -2.61.